The molecule has 0 radical (unpaired) electrons. The van der Waals surface area contributed by atoms with Crippen LogP contribution in [0.15, 0.2) is 71.3 Å². The van der Waals surface area contributed by atoms with Crippen molar-refractivity contribution in [1.29, 1.82) is 0 Å². The molecule has 1 fully saturated rings. The fourth-order valence-corrected chi connectivity index (χ4v) is 6.79. The zero-order valence-corrected chi connectivity index (χ0v) is 18.6. The van der Waals surface area contributed by atoms with Gasteiger partial charge in [-0.1, -0.05) is 30.7 Å². The van der Waals surface area contributed by atoms with E-state index in [1.54, 1.807) is 42.5 Å². The van der Waals surface area contributed by atoms with Crippen molar-refractivity contribution in [2.45, 2.75) is 37.2 Å². The van der Waals surface area contributed by atoms with Crippen LogP contribution in [0, 0.1) is 17.2 Å². The van der Waals surface area contributed by atoms with Gasteiger partial charge in [0.1, 0.15) is 5.82 Å². The fourth-order valence-electron chi connectivity index (χ4n) is 5.35. The predicted molar refractivity (Wildman–Crippen MR) is 121 cm³/mol. The third-order valence-electron chi connectivity index (χ3n) is 7.06. The first-order valence-corrected chi connectivity index (χ1v) is 12.4. The Kier molecular flexibility index (Phi) is 5.06. The molecular formula is C25H25FN2O3S. The molecule has 0 aliphatic heterocycles. The van der Waals surface area contributed by atoms with Crippen molar-refractivity contribution in [2.24, 2.45) is 11.3 Å². The molecule has 0 amide bonds. The minimum Gasteiger partial charge on any atom is -0.392 e. The van der Waals surface area contributed by atoms with Gasteiger partial charge in [0.25, 0.3) is 0 Å². The Morgan fingerprint density at radius 1 is 1.19 bits per heavy atom. The minimum atomic E-state index is -3.57. The van der Waals surface area contributed by atoms with Gasteiger partial charge in [0, 0.05) is 0 Å². The van der Waals surface area contributed by atoms with Gasteiger partial charge < -0.3 is 5.11 Å². The maximum Gasteiger partial charge on any atom is 0.180 e. The number of halogens is 1. The summed E-state index contributed by atoms with van der Waals surface area (Å²) in [5.74, 6) is -0.736. The molecule has 1 aromatic heterocycles. The lowest BCUT2D eigenvalue weighted by atomic mass is 9.68. The first-order valence-electron chi connectivity index (χ1n) is 10.8. The van der Waals surface area contributed by atoms with Crippen molar-refractivity contribution in [2.75, 3.05) is 5.75 Å². The number of fused-ring (bicyclic) bond motifs is 2. The summed E-state index contributed by atoms with van der Waals surface area (Å²) in [6.45, 7) is 2.12. The molecule has 1 heterocycles. The van der Waals surface area contributed by atoms with Crippen LogP contribution in [-0.2, 0) is 16.3 Å². The summed E-state index contributed by atoms with van der Waals surface area (Å²) in [6, 6.07) is 14.5. The largest absolute Gasteiger partial charge is 0.392 e. The van der Waals surface area contributed by atoms with E-state index in [4.69, 9.17) is 0 Å². The molecule has 0 saturated heterocycles. The van der Waals surface area contributed by atoms with Gasteiger partial charge in [0.05, 0.1) is 34.3 Å². The Morgan fingerprint density at radius 2 is 1.91 bits per heavy atom. The van der Waals surface area contributed by atoms with Gasteiger partial charge in [-0.25, -0.2) is 17.5 Å². The number of aromatic nitrogens is 2. The lowest BCUT2D eigenvalue weighted by molar-refractivity contribution is 0.0731. The van der Waals surface area contributed by atoms with Crippen LogP contribution in [0.1, 0.15) is 31.0 Å². The number of aliphatic hydroxyl groups excluding tert-OH is 1. The van der Waals surface area contributed by atoms with Gasteiger partial charge in [-0.05, 0) is 78.6 Å². The molecule has 5 rings (SSSR count). The summed E-state index contributed by atoms with van der Waals surface area (Å²) in [6.07, 6.45) is 5.21. The fraction of sp³-hybridized carbons (Fsp3) is 0.320. The number of rotatable bonds is 5. The monoisotopic (exact) mass is 452 g/mol. The highest BCUT2D eigenvalue weighted by Gasteiger charge is 2.49. The quantitative estimate of drug-likeness (QED) is 0.630. The van der Waals surface area contributed by atoms with Gasteiger partial charge in [-0.2, -0.15) is 5.10 Å². The maximum atomic E-state index is 13.3. The molecule has 3 aromatic rings. The highest BCUT2D eigenvalue weighted by atomic mass is 32.2. The van der Waals surface area contributed by atoms with E-state index >= 15 is 0 Å². The van der Waals surface area contributed by atoms with E-state index in [9.17, 15) is 17.9 Å². The lowest BCUT2D eigenvalue weighted by Crippen LogP contribution is -2.39. The van der Waals surface area contributed by atoms with E-state index in [1.165, 1.54) is 17.7 Å². The van der Waals surface area contributed by atoms with Gasteiger partial charge >= 0.3 is 0 Å². The Labute approximate surface area is 187 Å². The second-order valence-corrected chi connectivity index (χ2v) is 11.0. The zero-order valence-electron chi connectivity index (χ0n) is 17.8. The molecule has 2 aromatic carbocycles. The van der Waals surface area contributed by atoms with Crippen LogP contribution >= 0.6 is 0 Å². The molecule has 3 atom stereocenters. The van der Waals surface area contributed by atoms with Crippen LogP contribution < -0.4 is 0 Å². The second-order valence-electron chi connectivity index (χ2n) is 9.01. The number of allylic oxidation sites excluding steroid dienone is 1. The van der Waals surface area contributed by atoms with Crippen molar-refractivity contribution in [3.63, 3.8) is 0 Å². The maximum absolute atomic E-state index is 13.3. The van der Waals surface area contributed by atoms with E-state index in [-0.39, 0.29) is 27.8 Å². The Morgan fingerprint density at radius 3 is 2.62 bits per heavy atom. The molecule has 2 aliphatic rings. The number of benzene rings is 2. The van der Waals surface area contributed by atoms with Gasteiger partial charge in [-0.15, -0.1) is 0 Å². The molecule has 1 N–H and O–H groups in total. The number of nitrogens with zero attached hydrogens (tertiary/aromatic N) is 2. The first kappa shape index (κ1) is 21.1. The summed E-state index contributed by atoms with van der Waals surface area (Å²) in [4.78, 5) is 0.240. The number of hydrogen-bond donors (Lipinski definition) is 1. The van der Waals surface area contributed by atoms with Gasteiger partial charge in [0.15, 0.2) is 9.84 Å². The second kappa shape index (κ2) is 7.67. The molecule has 0 unspecified atom stereocenters. The summed E-state index contributed by atoms with van der Waals surface area (Å²) in [7, 11) is -3.57. The molecule has 2 aliphatic carbocycles. The molecular weight excluding hydrogens is 427 g/mol. The van der Waals surface area contributed by atoms with Gasteiger partial charge in [0.2, 0.25) is 0 Å². The molecule has 7 heteroatoms. The summed E-state index contributed by atoms with van der Waals surface area (Å²) < 4.78 is 40.8. The van der Waals surface area contributed by atoms with E-state index in [2.05, 4.69) is 18.1 Å². The highest BCUT2D eigenvalue weighted by molar-refractivity contribution is 7.91. The number of aliphatic hydroxyl groups is 1. The SMILES string of the molecule is C[C@]12Cc3cnn(-c4ccc(F)cc4)c3C=C1CC[C@@H]2[C@H](O)CS(=O)(=O)c1ccccc1. The lowest BCUT2D eigenvalue weighted by Gasteiger charge is -2.38. The Bertz CT molecular complexity index is 1280. The van der Waals surface area contributed by atoms with Crippen LogP contribution in [0.25, 0.3) is 11.8 Å². The Hall–Kier alpha value is -2.77. The van der Waals surface area contributed by atoms with Crippen LogP contribution in [0.3, 0.4) is 0 Å². The average molecular weight is 453 g/mol. The van der Waals surface area contributed by atoms with Crippen molar-refractivity contribution >= 4 is 15.9 Å². The van der Waals surface area contributed by atoms with Crippen LogP contribution in [0.4, 0.5) is 4.39 Å². The van der Waals surface area contributed by atoms with Crippen molar-refractivity contribution < 1.29 is 17.9 Å². The van der Waals surface area contributed by atoms with Crippen molar-refractivity contribution in [3.8, 4) is 5.69 Å². The molecule has 5 nitrogen and oxygen atoms in total. The van der Waals surface area contributed by atoms with Crippen LogP contribution in [0.5, 0.6) is 0 Å². The molecule has 0 spiro atoms. The Balaban J connectivity index is 1.42. The summed E-state index contributed by atoms with van der Waals surface area (Å²) in [5.41, 5.74) is 3.68. The average Bonchev–Trinajstić information content (AvgIpc) is 3.32. The van der Waals surface area contributed by atoms with E-state index in [0.29, 0.717) is 6.42 Å². The van der Waals surface area contributed by atoms with E-state index < -0.39 is 15.9 Å². The smallest absolute Gasteiger partial charge is 0.180 e. The topological polar surface area (TPSA) is 72.2 Å². The van der Waals surface area contributed by atoms with Gasteiger partial charge in [-0.3, -0.25) is 0 Å². The first-order chi connectivity index (χ1) is 15.3. The summed E-state index contributed by atoms with van der Waals surface area (Å²) in [5, 5.41) is 15.6. The predicted octanol–water partition coefficient (Wildman–Crippen LogP) is 4.20. The third-order valence-corrected chi connectivity index (χ3v) is 8.83. The van der Waals surface area contributed by atoms with Crippen molar-refractivity contribution in [3.05, 3.63) is 83.4 Å². The molecule has 166 valence electrons. The molecule has 0 bridgehead atoms. The highest BCUT2D eigenvalue weighted by Crippen LogP contribution is 2.54. The van der Waals surface area contributed by atoms with Crippen LogP contribution in [0.2, 0.25) is 0 Å². The number of sulfone groups is 1. The van der Waals surface area contributed by atoms with Crippen LogP contribution in [-0.4, -0.2) is 35.2 Å². The van der Waals surface area contributed by atoms with Crippen molar-refractivity contribution in [1.82, 2.24) is 9.78 Å². The van der Waals surface area contributed by atoms with E-state index in [0.717, 1.165) is 29.8 Å². The van der Waals surface area contributed by atoms with E-state index in [1.807, 2.05) is 10.9 Å². The normalized spacial score (nSPS) is 23.3. The summed E-state index contributed by atoms with van der Waals surface area (Å²) >= 11 is 0. The zero-order chi connectivity index (χ0) is 22.5. The minimum absolute atomic E-state index is 0.158. The molecule has 32 heavy (non-hydrogen) atoms. The number of hydrogen-bond acceptors (Lipinski definition) is 4. The standard InChI is InChI=1S/C25H25FN2O3S/c1-25-14-17-15-27-28(20-10-8-19(26)9-11-20)23(17)13-18(25)7-12-22(25)24(29)16-32(30,31)21-5-3-2-4-6-21/h2-6,8-11,13,15,22,24,29H,7,12,14,16H2,1H3/t22-,24-,25+/m1/s1. The molecule has 1 saturated carbocycles. The third kappa shape index (κ3) is 3.49.